The molecule has 6 nitrogen and oxygen atoms in total. The van der Waals surface area contributed by atoms with E-state index in [1.165, 1.54) is 42.4 Å². The zero-order valence-electron chi connectivity index (χ0n) is 19.4. The fourth-order valence-electron chi connectivity index (χ4n) is 6.55. The predicted octanol–water partition coefficient (Wildman–Crippen LogP) is 4.28. The fourth-order valence-corrected chi connectivity index (χ4v) is 7.83. The van der Waals surface area contributed by atoms with Gasteiger partial charge in [0.25, 0.3) is 0 Å². The number of nitrogens with one attached hydrogen (secondary N) is 1. The molecular formula is C26H32N4O2S. The smallest absolute Gasteiger partial charge is 0.213 e. The minimum atomic E-state index is -0.571. The van der Waals surface area contributed by atoms with Gasteiger partial charge in [0.05, 0.1) is 12.6 Å². The number of hydrogen-bond donors (Lipinski definition) is 1. The molecular weight excluding hydrogens is 432 g/mol. The Labute approximate surface area is 197 Å². The third-order valence-corrected chi connectivity index (χ3v) is 9.64. The van der Waals surface area contributed by atoms with Gasteiger partial charge in [0, 0.05) is 64.6 Å². The van der Waals surface area contributed by atoms with E-state index >= 15 is 0 Å². The van der Waals surface area contributed by atoms with Crippen LogP contribution in [0.1, 0.15) is 42.7 Å². The summed E-state index contributed by atoms with van der Waals surface area (Å²) in [6.07, 6.45) is 6.57. The van der Waals surface area contributed by atoms with Crippen LogP contribution in [-0.4, -0.2) is 62.0 Å². The van der Waals surface area contributed by atoms with Crippen LogP contribution in [0, 0.1) is 18.8 Å². The standard InChI is InChI=1S/C26H32N4O2S/c1-16-9-24-23(26(29-28-24)17-3-6-27-25(12-17)32-2)13-22(16)18-10-19-14-30(15-20(19)11-18)21-4-7-33(31)8-5-21/h3,6,9,12-13,18-21H,4-5,7-8,10-11,14-15H2,1-2H3,(H,28,29)/t18?,19-,20+,21?,33?. The first-order valence-corrected chi connectivity index (χ1v) is 13.7. The van der Waals surface area contributed by atoms with Crippen molar-refractivity contribution >= 4 is 21.7 Å². The van der Waals surface area contributed by atoms with Crippen molar-refractivity contribution in [2.24, 2.45) is 11.8 Å². The highest BCUT2D eigenvalue weighted by atomic mass is 32.2. The van der Waals surface area contributed by atoms with Crippen molar-refractivity contribution in [2.75, 3.05) is 31.7 Å². The summed E-state index contributed by atoms with van der Waals surface area (Å²) in [6, 6.07) is 9.26. The molecule has 4 heterocycles. The van der Waals surface area contributed by atoms with E-state index < -0.39 is 10.8 Å². The van der Waals surface area contributed by atoms with Crippen LogP contribution in [0.2, 0.25) is 0 Å². The number of aromatic nitrogens is 3. The van der Waals surface area contributed by atoms with Gasteiger partial charge in [0.15, 0.2) is 0 Å². The minimum Gasteiger partial charge on any atom is -0.481 e. The second kappa shape index (κ2) is 8.51. The van der Waals surface area contributed by atoms with Crippen LogP contribution < -0.4 is 4.74 Å². The summed E-state index contributed by atoms with van der Waals surface area (Å²) in [5.74, 6) is 4.62. The Balaban J connectivity index is 1.23. The van der Waals surface area contributed by atoms with Gasteiger partial charge in [-0.05, 0) is 79.7 Å². The minimum absolute atomic E-state index is 0.571. The van der Waals surface area contributed by atoms with E-state index in [1.807, 2.05) is 12.1 Å². The summed E-state index contributed by atoms with van der Waals surface area (Å²) < 4.78 is 17.1. The summed E-state index contributed by atoms with van der Waals surface area (Å²) in [5, 5.41) is 9.04. The molecule has 1 unspecified atom stereocenters. The van der Waals surface area contributed by atoms with Crippen molar-refractivity contribution in [3.05, 3.63) is 41.6 Å². The van der Waals surface area contributed by atoms with Crippen LogP contribution in [0.4, 0.5) is 0 Å². The molecule has 7 heteroatoms. The molecule has 1 aromatic carbocycles. The van der Waals surface area contributed by atoms with Gasteiger partial charge in [0.2, 0.25) is 5.88 Å². The molecule has 1 saturated carbocycles. The van der Waals surface area contributed by atoms with E-state index in [9.17, 15) is 4.21 Å². The van der Waals surface area contributed by atoms with E-state index in [0.717, 1.165) is 53.0 Å². The largest absolute Gasteiger partial charge is 0.481 e. The molecule has 33 heavy (non-hydrogen) atoms. The second-order valence-corrected chi connectivity index (χ2v) is 11.8. The van der Waals surface area contributed by atoms with E-state index in [1.54, 1.807) is 13.3 Å². The molecule has 1 aliphatic carbocycles. The first-order valence-electron chi connectivity index (χ1n) is 12.2. The Morgan fingerprint density at radius 2 is 1.88 bits per heavy atom. The maximum absolute atomic E-state index is 11.7. The fraction of sp³-hybridized carbons (Fsp3) is 0.538. The molecule has 3 atom stereocenters. The number of fused-ring (bicyclic) bond motifs is 2. The monoisotopic (exact) mass is 464 g/mol. The van der Waals surface area contributed by atoms with Gasteiger partial charge >= 0.3 is 0 Å². The summed E-state index contributed by atoms with van der Waals surface area (Å²) >= 11 is 0. The predicted molar refractivity (Wildman–Crippen MR) is 132 cm³/mol. The van der Waals surface area contributed by atoms with Crippen LogP contribution in [0.3, 0.4) is 0 Å². The number of pyridine rings is 1. The van der Waals surface area contributed by atoms with Crippen LogP contribution in [-0.2, 0) is 10.8 Å². The van der Waals surface area contributed by atoms with Gasteiger partial charge in [-0.1, -0.05) is 0 Å². The molecule has 0 radical (unpaired) electrons. The number of benzene rings is 1. The summed E-state index contributed by atoms with van der Waals surface area (Å²) in [7, 11) is 1.07. The molecule has 1 N–H and O–H groups in total. The molecule has 6 rings (SSSR count). The lowest BCUT2D eigenvalue weighted by atomic mass is 9.90. The molecule has 0 bridgehead atoms. The molecule has 3 aliphatic rings. The quantitative estimate of drug-likeness (QED) is 0.624. The number of nitrogens with zero attached hydrogens (tertiary/aromatic N) is 3. The molecule has 2 aromatic heterocycles. The Morgan fingerprint density at radius 3 is 2.61 bits per heavy atom. The van der Waals surface area contributed by atoms with Crippen molar-refractivity contribution in [1.82, 2.24) is 20.1 Å². The van der Waals surface area contributed by atoms with Crippen molar-refractivity contribution in [3.8, 4) is 17.1 Å². The Hall–Kier alpha value is -2.25. The molecule has 2 aliphatic heterocycles. The zero-order valence-corrected chi connectivity index (χ0v) is 20.2. The maximum Gasteiger partial charge on any atom is 0.213 e. The van der Waals surface area contributed by atoms with Crippen LogP contribution in [0.15, 0.2) is 30.5 Å². The van der Waals surface area contributed by atoms with E-state index in [0.29, 0.717) is 17.8 Å². The lowest BCUT2D eigenvalue weighted by molar-refractivity contribution is 0.210. The molecule has 0 amide bonds. The highest BCUT2D eigenvalue weighted by Gasteiger charge is 2.43. The van der Waals surface area contributed by atoms with Gasteiger partial charge in [-0.15, -0.1) is 0 Å². The lowest BCUT2D eigenvalue weighted by Gasteiger charge is -2.31. The van der Waals surface area contributed by atoms with Gasteiger partial charge in [-0.2, -0.15) is 5.10 Å². The second-order valence-electron chi connectivity index (χ2n) is 10.1. The Morgan fingerprint density at radius 1 is 1.12 bits per heavy atom. The van der Waals surface area contributed by atoms with Crippen LogP contribution in [0.5, 0.6) is 5.88 Å². The SMILES string of the molecule is COc1cc(-c2n[nH]c3cc(C)c(C4C[C@@H]5CN(C6CCS(=O)CC6)C[C@@H]5C4)cc23)ccn1. The molecule has 3 fully saturated rings. The van der Waals surface area contributed by atoms with Crippen LogP contribution in [0.25, 0.3) is 22.2 Å². The maximum atomic E-state index is 11.7. The Bertz CT molecular complexity index is 1180. The van der Waals surface area contributed by atoms with Gasteiger partial charge < -0.3 is 4.74 Å². The van der Waals surface area contributed by atoms with Crippen molar-refractivity contribution < 1.29 is 8.95 Å². The number of likely N-dealkylation sites (tertiary alicyclic amines) is 1. The average molecular weight is 465 g/mol. The number of hydrogen-bond acceptors (Lipinski definition) is 5. The summed E-state index contributed by atoms with van der Waals surface area (Å²) in [6.45, 7) is 4.70. The number of rotatable bonds is 4. The van der Waals surface area contributed by atoms with Gasteiger partial charge in [-0.3, -0.25) is 14.2 Å². The highest BCUT2D eigenvalue weighted by Crippen LogP contribution is 2.48. The number of aromatic amines is 1. The third kappa shape index (κ3) is 3.89. The van der Waals surface area contributed by atoms with Crippen LogP contribution >= 0.6 is 0 Å². The van der Waals surface area contributed by atoms with Crippen molar-refractivity contribution in [3.63, 3.8) is 0 Å². The first-order chi connectivity index (χ1) is 16.1. The summed E-state index contributed by atoms with van der Waals surface area (Å²) in [5.41, 5.74) is 5.92. The first kappa shape index (κ1) is 21.3. The van der Waals surface area contributed by atoms with Gasteiger partial charge in [0.1, 0.15) is 5.69 Å². The lowest BCUT2D eigenvalue weighted by Crippen LogP contribution is -2.39. The average Bonchev–Trinajstić information content (AvgIpc) is 3.52. The van der Waals surface area contributed by atoms with E-state index in [2.05, 4.69) is 39.1 Å². The van der Waals surface area contributed by atoms with E-state index in [4.69, 9.17) is 4.74 Å². The topological polar surface area (TPSA) is 71.1 Å². The molecule has 2 saturated heterocycles. The molecule has 3 aromatic rings. The highest BCUT2D eigenvalue weighted by molar-refractivity contribution is 7.85. The van der Waals surface area contributed by atoms with Crippen molar-refractivity contribution in [1.29, 1.82) is 0 Å². The number of H-pyrrole nitrogens is 1. The molecule has 174 valence electrons. The zero-order chi connectivity index (χ0) is 22.5. The normalized spacial score (nSPS) is 30.1. The van der Waals surface area contributed by atoms with Crippen molar-refractivity contribution in [2.45, 2.75) is 44.6 Å². The Kier molecular flexibility index (Phi) is 5.49. The number of aryl methyl sites for hydroxylation is 1. The third-order valence-electron chi connectivity index (χ3n) is 8.26. The van der Waals surface area contributed by atoms with Gasteiger partial charge in [-0.25, -0.2) is 4.98 Å². The van der Waals surface area contributed by atoms with E-state index in [-0.39, 0.29) is 0 Å². The number of methoxy groups -OCH3 is 1. The number of ether oxygens (including phenoxy) is 1. The molecule has 0 spiro atoms. The summed E-state index contributed by atoms with van der Waals surface area (Å²) in [4.78, 5) is 6.96.